The number of carbonyl (C=O) groups is 1. The number of methoxy groups -OCH3 is 1. The predicted octanol–water partition coefficient (Wildman–Crippen LogP) is 4.29. The van der Waals surface area contributed by atoms with Gasteiger partial charge in [-0.25, -0.2) is 4.79 Å². The lowest BCUT2D eigenvalue weighted by atomic mass is 10.0. The Morgan fingerprint density at radius 1 is 1.14 bits per heavy atom. The van der Waals surface area contributed by atoms with Crippen molar-refractivity contribution in [1.29, 1.82) is 0 Å². The average Bonchev–Trinajstić information content (AvgIpc) is 2.94. The Labute approximate surface area is 128 Å². The van der Waals surface area contributed by atoms with Crippen LogP contribution in [0.5, 0.6) is 5.75 Å². The fourth-order valence-electron chi connectivity index (χ4n) is 2.44. The van der Waals surface area contributed by atoms with Crippen LogP contribution >= 0.6 is 0 Å². The molecule has 1 heterocycles. The van der Waals surface area contributed by atoms with Gasteiger partial charge in [-0.15, -0.1) is 0 Å². The maximum absolute atomic E-state index is 12.2. The predicted molar refractivity (Wildman–Crippen MR) is 84.2 cm³/mol. The first-order chi connectivity index (χ1) is 10.7. The zero-order valence-electron chi connectivity index (χ0n) is 12.5. The summed E-state index contributed by atoms with van der Waals surface area (Å²) < 4.78 is 16.1. The van der Waals surface area contributed by atoms with Crippen LogP contribution in [0.3, 0.4) is 0 Å². The van der Waals surface area contributed by atoms with Gasteiger partial charge in [0.05, 0.1) is 13.7 Å². The molecule has 0 aliphatic carbocycles. The average molecular weight is 296 g/mol. The third kappa shape index (κ3) is 2.44. The second kappa shape index (κ2) is 5.93. The molecule has 0 saturated carbocycles. The van der Waals surface area contributed by atoms with Crippen LogP contribution in [-0.4, -0.2) is 19.7 Å². The summed E-state index contributed by atoms with van der Waals surface area (Å²) in [5.74, 6) is 0.434. The Morgan fingerprint density at radius 3 is 2.59 bits per heavy atom. The van der Waals surface area contributed by atoms with Gasteiger partial charge in [0, 0.05) is 17.0 Å². The second-order valence-electron chi connectivity index (χ2n) is 4.75. The molecule has 0 aliphatic heterocycles. The second-order valence-corrected chi connectivity index (χ2v) is 4.75. The van der Waals surface area contributed by atoms with Gasteiger partial charge in [0.15, 0.2) is 0 Å². The van der Waals surface area contributed by atoms with Crippen molar-refractivity contribution >= 4 is 16.9 Å². The molecular weight excluding hydrogens is 280 g/mol. The molecule has 0 fully saturated rings. The van der Waals surface area contributed by atoms with Crippen LogP contribution < -0.4 is 4.74 Å². The van der Waals surface area contributed by atoms with E-state index >= 15 is 0 Å². The zero-order chi connectivity index (χ0) is 15.5. The van der Waals surface area contributed by atoms with Crippen LogP contribution in [0, 0.1) is 0 Å². The van der Waals surface area contributed by atoms with Gasteiger partial charge in [-0.3, -0.25) is 0 Å². The molecule has 0 radical (unpaired) electrons. The lowest BCUT2D eigenvalue weighted by molar-refractivity contribution is 0.0494. The minimum absolute atomic E-state index is 0.219. The molecule has 3 rings (SSSR count). The molecule has 22 heavy (non-hydrogen) atoms. The highest BCUT2D eigenvalue weighted by molar-refractivity contribution is 6.06. The fraction of sp³-hybridized carbons (Fsp3) is 0.167. The van der Waals surface area contributed by atoms with Gasteiger partial charge in [0.1, 0.15) is 11.3 Å². The molecule has 1 aromatic heterocycles. The Bertz CT molecular complexity index is 803. The van der Waals surface area contributed by atoms with Crippen LogP contribution in [0.2, 0.25) is 0 Å². The normalized spacial score (nSPS) is 10.6. The van der Waals surface area contributed by atoms with Crippen molar-refractivity contribution in [3.8, 4) is 16.9 Å². The maximum Gasteiger partial charge on any atom is 0.374 e. The largest absolute Gasteiger partial charge is 0.497 e. The van der Waals surface area contributed by atoms with Crippen molar-refractivity contribution < 1.29 is 18.7 Å². The quantitative estimate of drug-likeness (QED) is 0.674. The van der Waals surface area contributed by atoms with Crippen molar-refractivity contribution in [3.05, 3.63) is 54.3 Å². The molecule has 0 unspecified atom stereocenters. The molecule has 4 heteroatoms. The van der Waals surface area contributed by atoms with Gasteiger partial charge in [-0.1, -0.05) is 30.3 Å². The topological polar surface area (TPSA) is 48.7 Å². The summed E-state index contributed by atoms with van der Waals surface area (Å²) in [5.41, 5.74) is 2.26. The van der Waals surface area contributed by atoms with E-state index in [0.29, 0.717) is 17.9 Å². The Hall–Kier alpha value is -2.75. The summed E-state index contributed by atoms with van der Waals surface area (Å²) in [4.78, 5) is 12.2. The molecule has 2 aromatic carbocycles. The number of esters is 1. The third-order valence-corrected chi connectivity index (χ3v) is 3.42. The first kappa shape index (κ1) is 14.2. The fourth-order valence-corrected chi connectivity index (χ4v) is 2.44. The Kier molecular flexibility index (Phi) is 3.83. The number of ether oxygens (including phenoxy) is 2. The summed E-state index contributed by atoms with van der Waals surface area (Å²) in [6, 6.07) is 15.2. The van der Waals surface area contributed by atoms with Crippen LogP contribution in [0.25, 0.3) is 22.1 Å². The van der Waals surface area contributed by atoms with E-state index in [1.54, 1.807) is 20.1 Å². The smallest absolute Gasteiger partial charge is 0.374 e. The number of fused-ring (bicyclic) bond motifs is 1. The summed E-state index contributed by atoms with van der Waals surface area (Å²) in [6.45, 7) is 2.07. The van der Waals surface area contributed by atoms with E-state index in [1.807, 2.05) is 42.5 Å². The van der Waals surface area contributed by atoms with E-state index in [-0.39, 0.29) is 5.76 Å². The Balaban J connectivity index is 2.26. The third-order valence-electron chi connectivity index (χ3n) is 3.42. The highest BCUT2D eigenvalue weighted by Gasteiger charge is 2.23. The summed E-state index contributed by atoms with van der Waals surface area (Å²) in [7, 11) is 1.59. The lowest BCUT2D eigenvalue weighted by Crippen LogP contribution is -2.04. The first-order valence-electron chi connectivity index (χ1n) is 7.07. The van der Waals surface area contributed by atoms with Crippen LogP contribution in [-0.2, 0) is 4.74 Å². The van der Waals surface area contributed by atoms with Gasteiger partial charge in [0.2, 0.25) is 5.76 Å². The van der Waals surface area contributed by atoms with Crippen molar-refractivity contribution in [2.45, 2.75) is 6.92 Å². The number of furan rings is 1. The van der Waals surface area contributed by atoms with E-state index < -0.39 is 5.97 Å². The van der Waals surface area contributed by atoms with Gasteiger partial charge in [0.25, 0.3) is 0 Å². The minimum atomic E-state index is -0.462. The minimum Gasteiger partial charge on any atom is -0.497 e. The standard InChI is InChI=1S/C18H16O4/c1-3-21-18(19)17-16(12-7-5-4-6-8-12)14-10-9-13(20-2)11-15(14)22-17/h4-11H,3H2,1-2H3. The van der Waals surface area contributed by atoms with Crippen molar-refractivity contribution in [2.24, 2.45) is 0 Å². The molecule has 0 spiro atoms. The van der Waals surface area contributed by atoms with E-state index in [0.717, 1.165) is 16.5 Å². The Morgan fingerprint density at radius 2 is 1.91 bits per heavy atom. The van der Waals surface area contributed by atoms with Crippen molar-refractivity contribution in [3.63, 3.8) is 0 Å². The molecule has 4 nitrogen and oxygen atoms in total. The summed E-state index contributed by atoms with van der Waals surface area (Å²) in [6.07, 6.45) is 0. The number of benzene rings is 2. The molecule has 0 bridgehead atoms. The summed E-state index contributed by atoms with van der Waals surface area (Å²) in [5, 5.41) is 0.857. The highest BCUT2D eigenvalue weighted by atomic mass is 16.5. The van der Waals surface area contributed by atoms with Crippen LogP contribution in [0.15, 0.2) is 52.9 Å². The van der Waals surface area contributed by atoms with E-state index in [4.69, 9.17) is 13.9 Å². The monoisotopic (exact) mass is 296 g/mol. The SMILES string of the molecule is CCOC(=O)c1oc2cc(OC)ccc2c1-c1ccccc1. The zero-order valence-corrected chi connectivity index (χ0v) is 12.5. The molecule has 112 valence electrons. The number of rotatable bonds is 4. The van der Waals surface area contributed by atoms with E-state index in [2.05, 4.69) is 0 Å². The van der Waals surface area contributed by atoms with Gasteiger partial charge >= 0.3 is 5.97 Å². The van der Waals surface area contributed by atoms with Crippen LogP contribution in [0.1, 0.15) is 17.5 Å². The molecule has 0 saturated heterocycles. The molecule has 0 atom stereocenters. The van der Waals surface area contributed by atoms with Crippen LogP contribution in [0.4, 0.5) is 0 Å². The van der Waals surface area contributed by atoms with Gasteiger partial charge in [-0.05, 0) is 24.6 Å². The van der Waals surface area contributed by atoms with Crippen molar-refractivity contribution in [1.82, 2.24) is 0 Å². The first-order valence-corrected chi connectivity index (χ1v) is 7.07. The summed E-state index contributed by atoms with van der Waals surface area (Å²) >= 11 is 0. The number of hydrogen-bond acceptors (Lipinski definition) is 4. The molecular formula is C18H16O4. The molecule has 3 aromatic rings. The van der Waals surface area contributed by atoms with Gasteiger partial charge in [-0.2, -0.15) is 0 Å². The van der Waals surface area contributed by atoms with Crippen molar-refractivity contribution in [2.75, 3.05) is 13.7 Å². The molecule has 0 aliphatic rings. The number of hydrogen-bond donors (Lipinski definition) is 0. The maximum atomic E-state index is 12.2. The van der Waals surface area contributed by atoms with E-state index in [1.165, 1.54) is 0 Å². The molecule has 0 N–H and O–H groups in total. The lowest BCUT2D eigenvalue weighted by Gasteiger charge is -2.03. The number of carbonyl (C=O) groups excluding carboxylic acids is 1. The molecule has 0 amide bonds. The van der Waals surface area contributed by atoms with Gasteiger partial charge < -0.3 is 13.9 Å². The van der Waals surface area contributed by atoms with E-state index in [9.17, 15) is 4.79 Å². The highest BCUT2D eigenvalue weighted by Crippen LogP contribution is 2.36.